The summed E-state index contributed by atoms with van der Waals surface area (Å²) in [7, 11) is 0. The number of aryl methyl sites for hydroxylation is 1. The summed E-state index contributed by atoms with van der Waals surface area (Å²) in [6.07, 6.45) is 1.61. The minimum atomic E-state index is -0.457. The Kier molecular flexibility index (Phi) is 3.40. The summed E-state index contributed by atoms with van der Waals surface area (Å²) in [5.41, 5.74) is 2.01. The van der Waals surface area contributed by atoms with E-state index in [1.165, 1.54) is 11.1 Å². The van der Waals surface area contributed by atoms with Crippen molar-refractivity contribution in [3.8, 4) is 5.75 Å². The molecule has 94 valence electrons. The molecule has 2 N–H and O–H groups in total. The van der Waals surface area contributed by atoms with Crippen LogP contribution < -0.4 is 4.74 Å². The fraction of sp³-hybridized carbons (Fsp3) is 0.571. The smallest absolute Gasteiger partial charge is 0.123 e. The van der Waals surface area contributed by atoms with Crippen LogP contribution in [0.3, 0.4) is 0 Å². The Labute approximate surface area is 102 Å². The zero-order valence-corrected chi connectivity index (χ0v) is 10.4. The molecular formula is C14H20O3. The van der Waals surface area contributed by atoms with Gasteiger partial charge in [0.2, 0.25) is 0 Å². The Balaban J connectivity index is 2.05. The zero-order valence-electron chi connectivity index (χ0n) is 10.4. The third-order valence-electron chi connectivity index (χ3n) is 3.44. The van der Waals surface area contributed by atoms with E-state index in [1.807, 2.05) is 19.1 Å². The second kappa shape index (κ2) is 4.67. The SMILES string of the molecule is Cc1ccc2c(c1)CC(CC(C)(CO)CO)O2. The Morgan fingerprint density at radius 2 is 2.06 bits per heavy atom. The van der Waals surface area contributed by atoms with Gasteiger partial charge >= 0.3 is 0 Å². The van der Waals surface area contributed by atoms with Gasteiger partial charge in [0.25, 0.3) is 0 Å². The van der Waals surface area contributed by atoms with Crippen LogP contribution in [0.15, 0.2) is 18.2 Å². The van der Waals surface area contributed by atoms with E-state index in [9.17, 15) is 10.2 Å². The van der Waals surface area contributed by atoms with E-state index in [-0.39, 0.29) is 19.3 Å². The number of aliphatic hydroxyl groups excluding tert-OH is 2. The van der Waals surface area contributed by atoms with Gasteiger partial charge in [-0.05, 0) is 25.0 Å². The molecule has 1 heterocycles. The van der Waals surface area contributed by atoms with Crippen LogP contribution in [0.4, 0.5) is 0 Å². The van der Waals surface area contributed by atoms with Gasteiger partial charge in [0, 0.05) is 11.8 Å². The highest BCUT2D eigenvalue weighted by Gasteiger charge is 2.31. The number of hydrogen-bond acceptors (Lipinski definition) is 3. The van der Waals surface area contributed by atoms with Crippen molar-refractivity contribution in [3.63, 3.8) is 0 Å². The second-order valence-electron chi connectivity index (χ2n) is 5.39. The van der Waals surface area contributed by atoms with E-state index in [4.69, 9.17) is 4.74 Å². The highest BCUT2D eigenvalue weighted by atomic mass is 16.5. The molecular weight excluding hydrogens is 216 g/mol. The summed E-state index contributed by atoms with van der Waals surface area (Å²) in [5, 5.41) is 18.6. The van der Waals surface area contributed by atoms with Crippen molar-refractivity contribution in [2.75, 3.05) is 13.2 Å². The first-order chi connectivity index (χ1) is 8.06. The van der Waals surface area contributed by atoms with Crippen molar-refractivity contribution in [3.05, 3.63) is 29.3 Å². The first-order valence-electron chi connectivity index (χ1n) is 6.04. The molecule has 3 heteroatoms. The molecule has 2 rings (SSSR count). The van der Waals surface area contributed by atoms with Crippen LogP contribution in [-0.4, -0.2) is 29.5 Å². The van der Waals surface area contributed by atoms with Crippen LogP contribution in [0.5, 0.6) is 5.75 Å². The van der Waals surface area contributed by atoms with E-state index in [1.54, 1.807) is 0 Å². The van der Waals surface area contributed by atoms with Crippen molar-refractivity contribution >= 4 is 0 Å². The van der Waals surface area contributed by atoms with E-state index in [0.717, 1.165) is 12.2 Å². The number of benzene rings is 1. The van der Waals surface area contributed by atoms with Crippen LogP contribution in [0.2, 0.25) is 0 Å². The monoisotopic (exact) mass is 236 g/mol. The van der Waals surface area contributed by atoms with Gasteiger partial charge in [-0.15, -0.1) is 0 Å². The molecule has 1 aromatic carbocycles. The van der Waals surface area contributed by atoms with Crippen LogP contribution in [-0.2, 0) is 6.42 Å². The molecule has 0 saturated carbocycles. The number of rotatable bonds is 4. The predicted molar refractivity (Wildman–Crippen MR) is 66.2 cm³/mol. The van der Waals surface area contributed by atoms with Crippen molar-refractivity contribution in [1.82, 2.24) is 0 Å². The van der Waals surface area contributed by atoms with Gasteiger partial charge in [-0.25, -0.2) is 0 Å². The van der Waals surface area contributed by atoms with Gasteiger partial charge in [-0.1, -0.05) is 24.6 Å². The van der Waals surface area contributed by atoms with Gasteiger partial charge < -0.3 is 14.9 Å². The lowest BCUT2D eigenvalue weighted by molar-refractivity contribution is 0.0322. The molecule has 0 saturated heterocycles. The molecule has 17 heavy (non-hydrogen) atoms. The molecule has 0 bridgehead atoms. The Morgan fingerprint density at radius 3 is 2.71 bits per heavy atom. The minimum absolute atomic E-state index is 0.0151. The molecule has 1 aromatic rings. The second-order valence-corrected chi connectivity index (χ2v) is 5.39. The topological polar surface area (TPSA) is 49.7 Å². The zero-order chi connectivity index (χ0) is 12.5. The van der Waals surface area contributed by atoms with Crippen molar-refractivity contribution in [1.29, 1.82) is 0 Å². The van der Waals surface area contributed by atoms with Crippen molar-refractivity contribution in [2.45, 2.75) is 32.8 Å². The summed E-state index contributed by atoms with van der Waals surface area (Å²) in [6.45, 7) is 3.92. The average molecular weight is 236 g/mol. The normalized spacial score (nSPS) is 18.9. The number of hydrogen-bond donors (Lipinski definition) is 2. The highest BCUT2D eigenvalue weighted by molar-refractivity contribution is 5.40. The minimum Gasteiger partial charge on any atom is -0.490 e. The molecule has 0 fully saturated rings. The van der Waals surface area contributed by atoms with Gasteiger partial charge in [-0.2, -0.15) is 0 Å². The van der Waals surface area contributed by atoms with Crippen molar-refractivity contribution < 1.29 is 14.9 Å². The highest BCUT2D eigenvalue weighted by Crippen LogP contribution is 2.34. The van der Waals surface area contributed by atoms with E-state index >= 15 is 0 Å². The predicted octanol–water partition coefficient (Wildman–Crippen LogP) is 1.68. The molecule has 0 aromatic heterocycles. The molecule has 1 aliphatic rings. The quantitative estimate of drug-likeness (QED) is 0.836. The number of fused-ring (bicyclic) bond motifs is 1. The molecule has 1 atom stereocenters. The molecule has 0 amide bonds. The molecule has 0 aliphatic carbocycles. The number of ether oxygens (including phenoxy) is 1. The summed E-state index contributed by atoms with van der Waals surface area (Å²) in [6, 6.07) is 6.18. The lowest BCUT2D eigenvalue weighted by atomic mass is 9.85. The Hall–Kier alpha value is -1.06. The third-order valence-corrected chi connectivity index (χ3v) is 3.44. The first kappa shape index (κ1) is 12.4. The molecule has 0 radical (unpaired) electrons. The summed E-state index contributed by atoms with van der Waals surface area (Å²) in [4.78, 5) is 0. The average Bonchev–Trinajstić information content (AvgIpc) is 2.70. The summed E-state index contributed by atoms with van der Waals surface area (Å²) in [5.74, 6) is 0.943. The van der Waals surface area contributed by atoms with Gasteiger partial charge in [0.05, 0.1) is 13.2 Å². The van der Waals surface area contributed by atoms with Gasteiger partial charge in [0.1, 0.15) is 11.9 Å². The largest absolute Gasteiger partial charge is 0.490 e. The summed E-state index contributed by atoms with van der Waals surface area (Å²) >= 11 is 0. The third kappa shape index (κ3) is 2.61. The lowest BCUT2D eigenvalue weighted by Gasteiger charge is -2.27. The fourth-order valence-electron chi connectivity index (χ4n) is 2.29. The molecule has 1 unspecified atom stereocenters. The van der Waals surface area contributed by atoms with Crippen molar-refractivity contribution in [2.24, 2.45) is 5.41 Å². The molecule has 3 nitrogen and oxygen atoms in total. The molecule has 1 aliphatic heterocycles. The maximum absolute atomic E-state index is 9.29. The number of aliphatic hydroxyl groups is 2. The lowest BCUT2D eigenvalue weighted by Crippen LogP contribution is -2.32. The van der Waals surface area contributed by atoms with Gasteiger partial charge in [-0.3, -0.25) is 0 Å². The Bertz CT molecular complexity index is 396. The van der Waals surface area contributed by atoms with E-state index in [2.05, 4.69) is 13.0 Å². The standard InChI is InChI=1S/C14H20O3/c1-10-3-4-13-11(5-10)6-12(17-13)7-14(2,8-15)9-16/h3-5,12,15-16H,6-9H2,1-2H3. The van der Waals surface area contributed by atoms with E-state index < -0.39 is 5.41 Å². The van der Waals surface area contributed by atoms with Crippen LogP contribution in [0.1, 0.15) is 24.5 Å². The van der Waals surface area contributed by atoms with Crippen LogP contribution in [0, 0.1) is 12.3 Å². The van der Waals surface area contributed by atoms with Crippen LogP contribution in [0.25, 0.3) is 0 Å². The summed E-state index contributed by atoms with van der Waals surface area (Å²) < 4.78 is 5.84. The molecule has 0 spiro atoms. The maximum Gasteiger partial charge on any atom is 0.123 e. The van der Waals surface area contributed by atoms with E-state index in [0.29, 0.717) is 6.42 Å². The Morgan fingerprint density at radius 1 is 1.35 bits per heavy atom. The first-order valence-corrected chi connectivity index (χ1v) is 6.04. The van der Waals surface area contributed by atoms with Crippen LogP contribution >= 0.6 is 0 Å². The maximum atomic E-state index is 9.29. The fourth-order valence-corrected chi connectivity index (χ4v) is 2.29. The van der Waals surface area contributed by atoms with Gasteiger partial charge in [0.15, 0.2) is 0 Å².